The van der Waals surface area contributed by atoms with Crippen LogP contribution in [0.3, 0.4) is 0 Å². The van der Waals surface area contributed by atoms with Gasteiger partial charge in [0.1, 0.15) is 5.75 Å². The van der Waals surface area contributed by atoms with Gasteiger partial charge in [-0.25, -0.2) is 4.79 Å². The second-order valence-corrected chi connectivity index (χ2v) is 6.85. The summed E-state index contributed by atoms with van der Waals surface area (Å²) in [5, 5.41) is 10.2. The minimum absolute atomic E-state index is 0.307. The van der Waals surface area contributed by atoms with Crippen molar-refractivity contribution >= 4 is 34.3 Å². The average Bonchev–Trinajstić information content (AvgIpc) is 3.10. The Morgan fingerprint density at radius 1 is 1.17 bits per heavy atom. The Balaban J connectivity index is 1.61. The molecular weight excluding hydrogens is 392 g/mol. The first-order valence-electron chi connectivity index (χ1n) is 9.02. The van der Waals surface area contributed by atoms with Gasteiger partial charge in [0.15, 0.2) is 13.2 Å². The molecule has 0 radical (unpaired) electrons. The number of para-hydroxylation sites is 1. The summed E-state index contributed by atoms with van der Waals surface area (Å²) in [5.41, 5.74) is 2.15. The first-order chi connectivity index (χ1) is 14.0. The molecule has 7 heteroatoms. The third-order valence-electron chi connectivity index (χ3n) is 4.40. The van der Waals surface area contributed by atoms with Crippen molar-refractivity contribution < 1.29 is 19.1 Å². The molecule has 148 valence electrons. The summed E-state index contributed by atoms with van der Waals surface area (Å²) in [6, 6.07) is 14.6. The normalized spacial score (nSPS) is 10.5. The molecule has 3 rings (SSSR count). The number of hydrogen-bond donors (Lipinski definition) is 0. The highest BCUT2D eigenvalue weighted by Gasteiger charge is 2.17. The summed E-state index contributed by atoms with van der Waals surface area (Å²) >= 11 is 5.96. The van der Waals surface area contributed by atoms with Crippen LogP contribution in [0, 0.1) is 18.3 Å². The Labute approximate surface area is 173 Å². The maximum Gasteiger partial charge on any atom is 0.344 e. The number of esters is 1. The maximum absolute atomic E-state index is 12.6. The molecule has 0 unspecified atom stereocenters. The highest BCUT2D eigenvalue weighted by molar-refractivity contribution is 6.31. The highest BCUT2D eigenvalue weighted by atomic mass is 35.5. The lowest BCUT2D eigenvalue weighted by atomic mass is 10.1. The van der Waals surface area contributed by atoms with Crippen LogP contribution in [0.4, 0.5) is 0 Å². The molecule has 1 heterocycles. The standard InChI is InChI=1S/C22H19ClN2O4/c1-15-11-16(7-8-19(15)23)28-14-22(27)29-13-21(26)18-12-25(10-4-9-24)20-6-3-2-5-17(18)20/h2-3,5-8,11-12H,4,10,13-14H2,1H3. The monoisotopic (exact) mass is 410 g/mol. The summed E-state index contributed by atoms with van der Waals surface area (Å²) in [7, 11) is 0. The van der Waals surface area contributed by atoms with E-state index in [1.54, 1.807) is 24.4 Å². The summed E-state index contributed by atoms with van der Waals surface area (Å²) in [6.07, 6.45) is 2.04. The number of carbonyl (C=O) groups excluding carboxylic acids is 2. The van der Waals surface area contributed by atoms with Crippen molar-refractivity contribution in [2.24, 2.45) is 0 Å². The van der Waals surface area contributed by atoms with E-state index in [0.29, 0.717) is 29.3 Å². The lowest BCUT2D eigenvalue weighted by molar-refractivity contribution is -0.144. The van der Waals surface area contributed by atoms with Gasteiger partial charge in [-0.15, -0.1) is 0 Å². The predicted octanol–water partition coefficient (Wildman–Crippen LogP) is 4.32. The molecule has 0 N–H and O–H groups in total. The first kappa shape index (κ1) is 20.4. The van der Waals surface area contributed by atoms with Crippen LogP contribution >= 0.6 is 11.6 Å². The molecule has 0 atom stereocenters. The van der Waals surface area contributed by atoms with E-state index in [-0.39, 0.29) is 19.0 Å². The number of ketones is 1. The van der Waals surface area contributed by atoms with Crippen LogP contribution < -0.4 is 4.74 Å². The number of nitrogens with zero attached hydrogens (tertiary/aromatic N) is 2. The van der Waals surface area contributed by atoms with E-state index in [1.165, 1.54) is 0 Å². The van der Waals surface area contributed by atoms with Crippen LogP contribution in [0.2, 0.25) is 5.02 Å². The zero-order chi connectivity index (χ0) is 20.8. The molecule has 0 aliphatic carbocycles. The van der Waals surface area contributed by atoms with E-state index >= 15 is 0 Å². The molecule has 0 spiro atoms. The Bertz CT molecular complexity index is 1100. The molecule has 29 heavy (non-hydrogen) atoms. The summed E-state index contributed by atoms with van der Waals surface area (Å²) in [6.45, 7) is 1.63. The van der Waals surface area contributed by atoms with E-state index < -0.39 is 5.97 Å². The smallest absolute Gasteiger partial charge is 0.344 e. The van der Waals surface area contributed by atoms with Crippen molar-refractivity contribution in [3.63, 3.8) is 0 Å². The van der Waals surface area contributed by atoms with Gasteiger partial charge in [-0.05, 0) is 36.8 Å². The number of rotatable bonds is 8. The predicted molar refractivity (Wildman–Crippen MR) is 109 cm³/mol. The Hall–Kier alpha value is -3.30. The van der Waals surface area contributed by atoms with Crippen molar-refractivity contribution in [3.8, 4) is 11.8 Å². The number of carbonyl (C=O) groups is 2. The van der Waals surface area contributed by atoms with Gasteiger partial charge >= 0.3 is 5.97 Å². The number of nitriles is 1. The van der Waals surface area contributed by atoms with E-state index in [2.05, 4.69) is 6.07 Å². The van der Waals surface area contributed by atoms with Crippen molar-refractivity contribution in [2.75, 3.05) is 13.2 Å². The molecule has 0 amide bonds. The molecule has 0 saturated carbocycles. The Morgan fingerprint density at radius 3 is 2.72 bits per heavy atom. The number of aryl methyl sites for hydroxylation is 2. The van der Waals surface area contributed by atoms with E-state index in [1.807, 2.05) is 35.8 Å². The SMILES string of the molecule is Cc1cc(OCC(=O)OCC(=O)c2cn(CCC#N)c3ccccc23)ccc1Cl. The van der Waals surface area contributed by atoms with Gasteiger partial charge in [0.25, 0.3) is 0 Å². The third kappa shape index (κ3) is 4.95. The second kappa shape index (κ2) is 9.26. The number of benzene rings is 2. The summed E-state index contributed by atoms with van der Waals surface area (Å²) in [5.74, 6) is -0.456. The van der Waals surface area contributed by atoms with Crippen molar-refractivity contribution in [3.05, 3.63) is 64.8 Å². The van der Waals surface area contributed by atoms with Gasteiger partial charge in [0.05, 0.1) is 12.5 Å². The molecule has 6 nitrogen and oxygen atoms in total. The number of halogens is 1. The Morgan fingerprint density at radius 2 is 1.97 bits per heavy atom. The van der Waals surface area contributed by atoms with Crippen LogP contribution in [0.25, 0.3) is 10.9 Å². The number of hydrogen-bond acceptors (Lipinski definition) is 5. The first-order valence-corrected chi connectivity index (χ1v) is 9.40. The van der Waals surface area contributed by atoms with Gasteiger partial charge in [0.2, 0.25) is 5.78 Å². The van der Waals surface area contributed by atoms with Gasteiger partial charge < -0.3 is 14.0 Å². The number of fused-ring (bicyclic) bond motifs is 1. The fourth-order valence-corrected chi connectivity index (χ4v) is 3.06. The molecular formula is C22H19ClN2O4. The van der Waals surface area contributed by atoms with Crippen molar-refractivity contribution in [2.45, 2.75) is 19.9 Å². The summed E-state index contributed by atoms with van der Waals surface area (Å²) < 4.78 is 12.3. The molecule has 0 aliphatic heterocycles. The molecule has 1 aromatic heterocycles. The minimum Gasteiger partial charge on any atom is -0.482 e. The van der Waals surface area contributed by atoms with Crippen LogP contribution in [0.5, 0.6) is 5.75 Å². The second-order valence-electron chi connectivity index (χ2n) is 6.44. The number of ether oxygens (including phenoxy) is 2. The van der Waals surface area contributed by atoms with Crippen LogP contribution in [-0.4, -0.2) is 29.5 Å². The summed E-state index contributed by atoms with van der Waals surface area (Å²) in [4.78, 5) is 24.5. The zero-order valence-corrected chi connectivity index (χ0v) is 16.6. The molecule has 0 bridgehead atoms. The highest BCUT2D eigenvalue weighted by Crippen LogP contribution is 2.23. The maximum atomic E-state index is 12.6. The zero-order valence-electron chi connectivity index (χ0n) is 15.9. The van der Waals surface area contributed by atoms with Gasteiger partial charge in [0, 0.05) is 34.2 Å². The average molecular weight is 411 g/mol. The van der Waals surface area contributed by atoms with Crippen LogP contribution in [-0.2, 0) is 16.1 Å². The van der Waals surface area contributed by atoms with Gasteiger partial charge in [-0.1, -0.05) is 29.8 Å². The topological polar surface area (TPSA) is 81.3 Å². The quantitative estimate of drug-likeness (QED) is 0.408. The van der Waals surface area contributed by atoms with E-state index in [9.17, 15) is 9.59 Å². The number of Topliss-reactive ketones (excluding diaryl/α,β-unsaturated/α-hetero) is 1. The Kier molecular flexibility index (Phi) is 6.53. The minimum atomic E-state index is -0.640. The third-order valence-corrected chi connectivity index (χ3v) is 4.83. The molecule has 0 saturated heterocycles. The number of aromatic nitrogens is 1. The van der Waals surface area contributed by atoms with Crippen molar-refractivity contribution in [1.29, 1.82) is 5.26 Å². The van der Waals surface area contributed by atoms with Crippen LogP contribution in [0.15, 0.2) is 48.7 Å². The fraction of sp³-hybridized carbons (Fsp3) is 0.227. The largest absolute Gasteiger partial charge is 0.482 e. The van der Waals surface area contributed by atoms with E-state index in [4.69, 9.17) is 26.3 Å². The van der Waals surface area contributed by atoms with Crippen molar-refractivity contribution in [1.82, 2.24) is 4.57 Å². The fourth-order valence-electron chi connectivity index (χ4n) is 2.94. The lowest BCUT2D eigenvalue weighted by Crippen LogP contribution is -2.19. The molecule has 2 aromatic carbocycles. The molecule has 3 aromatic rings. The van der Waals surface area contributed by atoms with Crippen LogP contribution in [0.1, 0.15) is 22.3 Å². The molecule has 0 aliphatic rings. The van der Waals surface area contributed by atoms with Gasteiger partial charge in [-0.3, -0.25) is 4.79 Å². The lowest BCUT2D eigenvalue weighted by Gasteiger charge is -2.08. The van der Waals surface area contributed by atoms with Gasteiger partial charge in [-0.2, -0.15) is 5.26 Å². The van der Waals surface area contributed by atoms with E-state index in [0.717, 1.165) is 16.5 Å². The molecule has 0 fully saturated rings.